The van der Waals surface area contributed by atoms with Crippen molar-refractivity contribution in [3.8, 4) is 0 Å². The quantitative estimate of drug-likeness (QED) is 0.860. The Hall–Kier alpha value is -1.30. The van der Waals surface area contributed by atoms with Crippen molar-refractivity contribution in [3.63, 3.8) is 0 Å². The summed E-state index contributed by atoms with van der Waals surface area (Å²) in [5.74, 6) is -0.893. The van der Waals surface area contributed by atoms with Crippen LogP contribution in [0.2, 0.25) is 10.0 Å². The first-order valence-electron chi connectivity index (χ1n) is 5.83. The van der Waals surface area contributed by atoms with E-state index in [2.05, 4.69) is 10.3 Å². The molecule has 0 saturated carbocycles. The molecule has 20 heavy (non-hydrogen) atoms. The number of hydrogen-bond acceptors (Lipinski definition) is 4. The van der Waals surface area contributed by atoms with Gasteiger partial charge in [0.2, 0.25) is 0 Å². The molecule has 1 atom stereocenters. The van der Waals surface area contributed by atoms with Gasteiger partial charge in [0.05, 0.1) is 18.2 Å². The number of nitrogens with zero attached hydrogens (tertiary/aromatic N) is 1. The summed E-state index contributed by atoms with van der Waals surface area (Å²) in [4.78, 5) is 14.8. The van der Waals surface area contributed by atoms with Gasteiger partial charge in [0.15, 0.2) is 5.13 Å². The third-order valence-corrected chi connectivity index (χ3v) is 4.04. The van der Waals surface area contributed by atoms with E-state index in [-0.39, 0.29) is 12.5 Å². The van der Waals surface area contributed by atoms with E-state index in [1.54, 1.807) is 17.5 Å². The maximum Gasteiger partial charge on any atom is 0.309 e. The maximum atomic E-state index is 10.6. The minimum absolute atomic E-state index is 0.0522. The summed E-state index contributed by atoms with van der Waals surface area (Å²) < 4.78 is 0. The number of thiazole rings is 1. The van der Waals surface area contributed by atoms with Crippen molar-refractivity contribution >= 4 is 45.6 Å². The van der Waals surface area contributed by atoms with E-state index in [0.717, 1.165) is 5.56 Å². The van der Waals surface area contributed by atoms with Gasteiger partial charge in [0.25, 0.3) is 0 Å². The molecule has 1 heterocycles. The Morgan fingerprint density at radius 3 is 2.90 bits per heavy atom. The van der Waals surface area contributed by atoms with E-state index in [1.165, 1.54) is 11.3 Å². The molecule has 4 nitrogen and oxygen atoms in total. The van der Waals surface area contributed by atoms with Crippen LogP contribution in [-0.2, 0) is 11.2 Å². The number of anilines is 1. The van der Waals surface area contributed by atoms with Gasteiger partial charge in [-0.15, -0.1) is 11.3 Å². The second-order valence-corrected chi connectivity index (χ2v) is 5.95. The molecule has 0 saturated heterocycles. The van der Waals surface area contributed by atoms with Crippen LogP contribution >= 0.6 is 34.5 Å². The summed E-state index contributed by atoms with van der Waals surface area (Å²) in [5, 5.41) is 15.5. The van der Waals surface area contributed by atoms with Crippen LogP contribution in [0.5, 0.6) is 0 Å². The van der Waals surface area contributed by atoms with Gasteiger partial charge in [-0.05, 0) is 24.6 Å². The molecule has 2 rings (SSSR count). The number of carbonyl (C=O) groups is 1. The van der Waals surface area contributed by atoms with Crippen LogP contribution in [-0.4, -0.2) is 16.1 Å². The molecule has 1 aromatic carbocycles. The maximum absolute atomic E-state index is 10.6. The highest BCUT2D eigenvalue weighted by Gasteiger charge is 2.12. The van der Waals surface area contributed by atoms with Gasteiger partial charge in [0.1, 0.15) is 0 Å². The standard InChI is InChI=1S/C13H12Cl2N2O2S/c1-7(10-3-2-8(14)4-11(10)15)16-13-17-9(6-20-13)5-12(18)19/h2-4,6-7H,5H2,1H3,(H,16,17)(H,18,19). The monoisotopic (exact) mass is 330 g/mol. The first-order chi connectivity index (χ1) is 9.45. The van der Waals surface area contributed by atoms with Gasteiger partial charge in [-0.25, -0.2) is 4.98 Å². The number of aromatic nitrogens is 1. The third-order valence-electron chi connectivity index (χ3n) is 2.65. The molecule has 0 radical (unpaired) electrons. The first kappa shape index (κ1) is 15.1. The number of aliphatic carboxylic acids is 1. The van der Waals surface area contributed by atoms with Gasteiger partial charge in [-0.1, -0.05) is 29.3 Å². The van der Waals surface area contributed by atoms with E-state index in [4.69, 9.17) is 28.3 Å². The molecule has 0 fully saturated rings. The average Bonchev–Trinajstić information content (AvgIpc) is 2.75. The number of carboxylic acids is 1. The van der Waals surface area contributed by atoms with Crippen molar-refractivity contribution < 1.29 is 9.90 Å². The number of halogens is 2. The van der Waals surface area contributed by atoms with Gasteiger partial charge >= 0.3 is 5.97 Å². The van der Waals surface area contributed by atoms with Gasteiger partial charge in [-0.3, -0.25) is 4.79 Å². The zero-order valence-corrected chi connectivity index (χ0v) is 12.9. The SMILES string of the molecule is CC(Nc1nc(CC(=O)O)cs1)c1ccc(Cl)cc1Cl. The van der Waals surface area contributed by atoms with Crippen LogP contribution in [0.1, 0.15) is 24.2 Å². The Morgan fingerprint density at radius 1 is 1.50 bits per heavy atom. The zero-order chi connectivity index (χ0) is 14.7. The molecule has 7 heteroatoms. The third kappa shape index (κ3) is 3.85. The summed E-state index contributed by atoms with van der Waals surface area (Å²) in [6, 6.07) is 5.27. The number of benzene rings is 1. The highest BCUT2D eigenvalue weighted by Crippen LogP contribution is 2.29. The smallest absolute Gasteiger partial charge is 0.309 e. The van der Waals surface area contributed by atoms with Crippen molar-refractivity contribution in [2.75, 3.05) is 5.32 Å². The molecule has 0 aliphatic carbocycles. The van der Waals surface area contributed by atoms with E-state index in [0.29, 0.717) is 20.9 Å². The Kier molecular flexibility index (Phi) is 4.86. The largest absolute Gasteiger partial charge is 0.481 e. The lowest BCUT2D eigenvalue weighted by Gasteiger charge is -2.15. The number of hydrogen-bond donors (Lipinski definition) is 2. The van der Waals surface area contributed by atoms with Crippen LogP contribution in [0.4, 0.5) is 5.13 Å². The van der Waals surface area contributed by atoms with Crippen molar-refractivity contribution in [2.24, 2.45) is 0 Å². The van der Waals surface area contributed by atoms with Gasteiger partial charge < -0.3 is 10.4 Å². The average molecular weight is 331 g/mol. The van der Waals surface area contributed by atoms with E-state index >= 15 is 0 Å². The summed E-state index contributed by atoms with van der Waals surface area (Å²) >= 11 is 13.4. The number of rotatable bonds is 5. The second-order valence-electron chi connectivity index (χ2n) is 4.25. The zero-order valence-electron chi connectivity index (χ0n) is 10.6. The lowest BCUT2D eigenvalue weighted by atomic mass is 10.1. The van der Waals surface area contributed by atoms with Crippen molar-refractivity contribution in [2.45, 2.75) is 19.4 Å². The highest BCUT2D eigenvalue weighted by molar-refractivity contribution is 7.13. The molecule has 106 valence electrons. The summed E-state index contributed by atoms with van der Waals surface area (Å²) in [7, 11) is 0. The minimum Gasteiger partial charge on any atom is -0.481 e. The lowest BCUT2D eigenvalue weighted by molar-refractivity contribution is -0.136. The summed E-state index contributed by atoms with van der Waals surface area (Å²) in [6.45, 7) is 1.95. The molecule has 2 N–H and O–H groups in total. The Labute approximate surface area is 130 Å². The van der Waals surface area contributed by atoms with Crippen molar-refractivity contribution in [3.05, 3.63) is 44.9 Å². The summed E-state index contributed by atoms with van der Waals surface area (Å²) in [5.41, 5.74) is 1.45. The molecule has 2 aromatic rings. The highest BCUT2D eigenvalue weighted by atomic mass is 35.5. The predicted molar refractivity (Wildman–Crippen MR) is 82.0 cm³/mol. The van der Waals surface area contributed by atoms with Crippen molar-refractivity contribution in [1.29, 1.82) is 0 Å². The normalized spacial score (nSPS) is 12.2. The van der Waals surface area contributed by atoms with E-state index in [1.807, 2.05) is 13.0 Å². The van der Waals surface area contributed by atoms with Crippen LogP contribution in [0.3, 0.4) is 0 Å². The summed E-state index contributed by atoms with van der Waals surface area (Å²) in [6.07, 6.45) is -0.0751. The fourth-order valence-corrected chi connectivity index (χ4v) is 3.10. The van der Waals surface area contributed by atoms with Crippen LogP contribution in [0, 0.1) is 0 Å². The number of carboxylic acid groups (broad SMARTS) is 1. The lowest BCUT2D eigenvalue weighted by Crippen LogP contribution is -2.07. The molecule has 0 amide bonds. The molecule has 0 aliphatic heterocycles. The van der Waals surface area contributed by atoms with Crippen molar-refractivity contribution in [1.82, 2.24) is 4.98 Å². The second kappa shape index (κ2) is 6.43. The Morgan fingerprint density at radius 2 is 2.25 bits per heavy atom. The molecule has 0 spiro atoms. The predicted octanol–water partition coefficient (Wildman–Crippen LogP) is 4.25. The molecule has 0 bridgehead atoms. The van der Waals surface area contributed by atoms with Crippen LogP contribution in [0.25, 0.3) is 0 Å². The van der Waals surface area contributed by atoms with Crippen LogP contribution in [0.15, 0.2) is 23.6 Å². The fraction of sp³-hybridized carbons (Fsp3) is 0.231. The Bertz CT molecular complexity index is 631. The van der Waals surface area contributed by atoms with E-state index in [9.17, 15) is 4.79 Å². The van der Waals surface area contributed by atoms with Gasteiger partial charge in [-0.2, -0.15) is 0 Å². The topological polar surface area (TPSA) is 62.2 Å². The fourth-order valence-electron chi connectivity index (χ4n) is 1.73. The molecular weight excluding hydrogens is 319 g/mol. The Balaban J connectivity index is 2.09. The number of nitrogens with one attached hydrogen (secondary N) is 1. The molecule has 1 unspecified atom stereocenters. The molecule has 0 aliphatic rings. The first-order valence-corrected chi connectivity index (χ1v) is 7.47. The molecule has 1 aromatic heterocycles. The van der Waals surface area contributed by atoms with E-state index < -0.39 is 5.97 Å². The molecular formula is C13H12Cl2N2O2S. The minimum atomic E-state index is -0.893. The van der Waals surface area contributed by atoms with Crippen LogP contribution < -0.4 is 5.32 Å². The van der Waals surface area contributed by atoms with Gasteiger partial charge in [0, 0.05) is 15.4 Å².